The highest BCUT2D eigenvalue weighted by molar-refractivity contribution is 5.52. The molecule has 0 unspecified atom stereocenters. The van der Waals surface area contributed by atoms with Gasteiger partial charge in [-0.05, 0) is 12.1 Å². The van der Waals surface area contributed by atoms with Crippen LogP contribution in [0.3, 0.4) is 0 Å². The van der Waals surface area contributed by atoms with Crippen LogP contribution < -0.4 is 0 Å². The molecule has 6 heteroatoms. The van der Waals surface area contributed by atoms with Crippen LogP contribution in [-0.2, 0) is 11.3 Å². The van der Waals surface area contributed by atoms with E-state index >= 15 is 0 Å². The van der Waals surface area contributed by atoms with Crippen LogP contribution >= 0.6 is 0 Å². The molecule has 1 aliphatic heterocycles. The summed E-state index contributed by atoms with van der Waals surface area (Å²) in [6.07, 6.45) is 0.312. The molecule has 20 heavy (non-hydrogen) atoms. The Bertz CT molecular complexity index is 542. The number of ether oxygens (including phenoxy) is 1. The first-order chi connectivity index (χ1) is 9.81. The largest absolute Gasteiger partial charge is 0.376 e. The number of benzene rings is 1. The first kappa shape index (κ1) is 13.2. The fourth-order valence-corrected chi connectivity index (χ4v) is 2.37. The summed E-state index contributed by atoms with van der Waals surface area (Å²) in [5, 5.41) is 12.6. The lowest BCUT2D eigenvalue weighted by molar-refractivity contribution is -0.0197. The minimum absolute atomic E-state index is 0.312. The number of tetrazole rings is 1. The van der Waals surface area contributed by atoms with Crippen LogP contribution in [0.5, 0.6) is 0 Å². The zero-order chi connectivity index (χ0) is 13.8. The minimum atomic E-state index is 0.312. The van der Waals surface area contributed by atoms with Gasteiger partial charge in [0.15, 0.2) is 0 Å². The third-order valence-corrected chi connectivity index (χ3v) is 3.43. The summed E-state index contributed by atoms with van der Waals surface area (Å²) in [6, 6.07) is 9.92. The van der Waals surface area contributed by atoms with Gasteiger partial charge in [0, 0.05) is 25.2 Å². The molecule has 1 aromatic carbocycles. The Balaban J connectivity index is 1.58. The fourth-order valence-electron chi connectivity index (χ4n) is 2.37. The normalized spacial score (nSPS) is 20.1. The van der Waals surface area contributed by atoms with Gasteiger partial charge >= 0.3 is 0 Å². The van der Waals surface area contributed by atoms with Crippen LogP contribution in [0.1, 0.15) is 6.92 Å². The van der Waals surface area contributed by atoms with Crippen LogP contribution in [0.2, 0.25) is 0 Å². The molecule has 1 aliphatic rings. The molecule has 0 N–H and O–H groups in total. The second kappa shape index (κ2) is 6.11. The minimum Gasteiger partial charge on any atom is -0.376 e. The van der Waals surface area contributed by atoms with E-state index in [1.54, 1.807) is 4.80 Å². The number of rotatable bonds is 4. The number of aromatic nitrogens is 4. The quantitative estimate of drug-likeness (QED) is 0.833. The monoisotopic (exact) mass is 273 g/mol. The molecule has 0 amide bonds. The third kappa shape index (κ3) is 3.20. The van der Waals surface area contributed by atoms with Crippen molar-refractivity contribution in [2.75, 3.05) is 26.2 Å². The second-order valence-corrected chi connectivity index (χ2v) is 5.06. The van der Waals surface area contributed by atoms with Gasteiger partial charge in [-0.25, -0.2) is 0 Å². The molecular formula is C14H19N5O. The smallest absolute Gasteiger partial charge is 0.204 e. The Morgan fingerprint density at radius 1 is 1.25 bits per heavy atom. The third-order valence-electron chi connectivity index (χ3n) is 3.43. The van der Waals surface area contributed by atoms with Crippen LogP contribution in [0, 0.1) is 0 Å². The van der Waals surface area contributed by atoms with E-state index < -0.39 is 0 Å². The first-order valence-corrected chi connectivity index (χ1v) is 6.98. The van der Waals surface area contributed by atoms with E-state index in [9.17, 15) is 0 Å². The highest BCUT2D eigenvalue weighted by Gasteiger charge is 2.16. The molecule has 106 valence electrons. The van der Waals surface area contributed by atoms with Crippen molar-refractivity contribution in [2.45, 2.75) is 19.6 Å². The molecule has 0 aliphatic carbocycles. The van der Waals surface area contributed by atoms with E-state index in [0.29, 0.717) is 11.9 Å². The molecule has 1 fully saturated rings. The molecule has 1 aromatic heterocycles. The van der Waals surface area contributed by atoms with Gasteiger partial charge in [-0.2, -0.15) is 4.80 Å². The summed E-state index contributed by atoms with van der Waals surface area (Å²) in [5.41, 5.74) is 0.999. The molecule has 2 aromatic rings. The van der Waals surface area contributed by atoms with Crippen molar-refractivity contribution in [1.29, 1.82) is 0 Å². The topological polar surface area (TPSA) is 56.1 Å². The molecule has 6 nitrogen and oxygen atoms in total. The van der Waals surface area contributed by atoms with Crippen LogP contribution in [0.4, 0.5) is 0 Å². The maximum atomic E-state index is 5.53. The summed E-state index contributed by atoms with van der Waals surface area (Å²) < 4.78 is 5.53. The van der Waals surface area contributed by atoms with E-state index in [2.05, 4.69) is 27.2 Å². The molecular weight excluding hydrogens is 254 g/mol. The van der Waals surface area contributed by atoms with E-state index in [4.69, 9.17) is 4.74 Å². The van der Waals surface area contributed by atoms with Gasteiger partial charge in [-0.3, -0.25) is 4.90 Å². The van der Waals surface area contributed by atoms with Crippen molar-refractivity contribution in [3.63, 3.8) is 0 Å². The standard InChI is InChI=1S/C14H19N5O/c1-12-11-18(9-10-20-12)7-8-19-16-14(15-17-19)13-5-3-2-4-6-13/h2-6,12H,7-11H2,1H3/t12-/m0/s1. The van der Waals surface area contributed by atoms with E-state index in [0.717, 1.165) is 38.3 Å². The number of hydrogen-bond donors (Lipinski definition) is 0. The molecule has 0 bridgehead atoms. The van der Waals surface area contributed by atoms with Crippen molar-refractivity contribution < 1.29 is 4.74 Å². The average Bonchev–Trinajstić information content (AvgIpc) is 2.95. The number of nitrogens with zero attached hydrogens (tertiary/aromatic N) is 5. The van der Waals surface area contributed by atoms with E-state index in [-0.39, 0.29) is 0 Å². The Hall–Kier alpha value is -1.79. The SMILES string of the molecule is C[C@H]1CN(CCn2nnc(-c3ccccc3)n2)CCO1. The van der Waals surface area contributed by atoms with Crippen LogP contribution in [0.15, 0.2) is 30.3 Å². The van der Waals surface area contributed by atoms with Crippen molar-refractivity contribution in [2.24, 2.45) is 0 Å². The molecule has 0 radical (unpaired) electrons. The van der Waals surface area contributed by atoms with Crippen molar-refractivity contribution in [3.05, 3.63) is 30.3 Å². The van der Waals surface area contributed by atoms with Gasteiger partial charge in [0.05, 0.1) is 19.3 Å². The molecule has 1 atom stereocenters. The van der Waals surface area contributed by atoms with Gasteiger partial charge in [-0.15, -0.1) is 10.2 Å². The Morgan fingerprint density at radius 3 is 2.90 bits per heavy atom. The first-order valence-electron chi connectivity index (χ1n) is 6.98. The molecule has 1 saturated heterocycles. The Kier molecular flexibility index (Phi) is 4.03. The molecule has 3 rings (SSSR count). The lowest BCUT2D eigenvalue weighted by Gasteiger charge is -2.30. The average molecular weight is 273 g/mol. The zero-order valence-electron chi connectivity index (χ0n) is 11.6. The molecule has 2 heterocycles. The fraction of sp³-hybridized carbons (Fsp3) is 0.500. The summed E-state index contributed by atoms with van der Waals surface area (Å²) >= 11 is 0. The summed E-state index contributed by atoms with van der Waals surface area (Å²) in [6.45, 7) is 6.55. The lowest BCUT2D eigenvalue weighted by Crippen LogP contribution is -2.42. The van der Waals surface area contributed by atoms with Gasteiger partial charge < -0.3 is 4.74 Å². The lowest BCUT2D eigenvalue weighted by atomic mass is 10.2. The second-order valence-electron chi connectivity index (χ2n) is 5.06. The van der Waals surface area contributed by atoms with Crippen molar-refractivity contribution in [1.82, 2.24) is 25.1 Å². The number of morpholine rings is 1. The highest BCUT2D eigenvalue weighted by atomic mass is 16.5. The predicted octanol–water partition coefficient (Wildman–Crippen LogP) is 1.06. The van der Waals surface area contributed by atoms with E-state index in [1.807, 2.05) is 30.3 Å². The van der Waals surface area contributed by atoms with Crippen LogP contribution in [-0.4, -0.2) is 57.5 Å². The Morgan fingerprint density at radius 2 is 2.10 bits per heavy atom. The zero-order valence-corrected chi connectivity index (χ0v) is 11.6. The molecule has 0 saturated carbocycles. The van der Waals surface area contributed by atoms with E-state index in [1.165, 1.54) is 0 Å². The summed E-state index contributed by atoms with van der Waals surface area (Å²) in [7, 11) is 0. The van der Waals surface area contributed by atoms with Crippen molar-refractivity contribution >= 4 is 0 Å². The number of hydrogen-bond acceptors (Lipinski definition) is 5. The van der Waals surface area contributed by atoms with Gasteiger partial charge in [0.2, 0.25) is 5.82 Å². The Labute approximate surface area is 118 Å². The van der Waals surface area contributed by atoms with Crippen molar-refractivity contribution in [3.8, 4) is 11.4 Å². The maximum Gasteiger partial charge on any atom is 0.204 e. The highest BCUT2D eigenvalue weighted by Crippen LogP contribution is 2.11. The van der Waals surface area contributed by atoms with Gasteiger partial charge in [0.25, 0.3) is 0 Å². The van der Waals surface area contributed by atoms with Gasteiger partial charge in [-0.1, -0.05) is 30.3 Å². The predicted molar refractivity (Wildman–Crippen MR) is 75.1 cm³/mol. The molecule has 0 spiro atoms. The van der Waals surface area contributed by atoms with Crippen LogP contribution in [0.25, 0.3) is 11.4 Å². The summed E-state index contributed by atoms with van der Waals surface area (Å²) in [5.74, 6) is 0.681. The maximum absolute atomic E-state index is 5.53. The van der Waals surface area contributed by atoms with Gasteiger partial charge in [0.1, 0.15) is 0 Å². The summed E-state index contributed by atoms with van der Waals surface area (Å²) in [4.78, 5) is 4.04.